The highest BCUT2D eigenvalue weighted by atomic mass is 32.1. The minimum absolute atomic E-state index is 0.160. The number of aliphatic hydroxyl groups is 1. The first-order valence-corrected chi connectivity index (χ1v) is 11.9. The van der Waals surface area contributed by atoms with Crippen molar-refractivity contribution in [3.63, 3.8) is 0 Å². The molecule has 162 valence electrons. The van der Waals surface area contributed by atoms with Gasteiger partial charge < -0.3 is 21.5 Å². The van der Waals surface area contributed by atoms with E-state index in [2.05, 4.69) is 39.9 Å². The van der Waals surface area contributed by atoms with E-state index in [1.165, 1.54) is 35.3 Å². The largest absolute Gasteiger partial charge is 0.397 e. The first-order valence-electron chi connectivity index (χ1n) is 11.1. The molecule has 1 aliphatic carbocycles. The van der Waals surface area contributed by atoms with E-state index in [1.807, 2.05) is 6.07 Å². The number of carbonyl (C=O) groups excluding carboxylic acids is 1. The normalized spacial score (nSPS) is 18.9. The number of carbonyl (C=O) groups is 1. The van der Waals surface area contributed by atoms with Gasteiger partial charge in [0.15, 0.2) is 0 Å². The topological polar surface area (TPSA) is 100 Å². The molecule has 1 aliphatic heterocycles. The van der Waals surface area contributed by atoms with E-state index in [-0.39, 0.29) is 5.91 Å². The Hall–Kier alpha value is -2.48. The van der Waals surface area contributed by atoms with Gasteiger partial charge in [-0.1, -0.05) is 24.3 Å². The summed E-state index contributed by atoms with van der Waals surface area (Å²) in [7, 11) is 0. The van der Waals surface area contributed by atoms with E-state index in [1.54, 1.807) is 0 Å². The summed E-state index contributed by atoms with van der Waals surface area (Å²) in [5, 5.41) is 17.3. The molecule has 3 heterocycles. The number of amides is 1. The summed E-state index contributed by atoms with van der Waals surface area (Å²) in [4.78, 5) is 18.5. The summed E-state index contributed by atoms with van der Waals surface area (Å²) in [6.07, 6.45) is 4.16. The average Bonchev–Trinajstić information content (AvgIpc) is 3.33. The number of piperidine rings is 1. The van der Waals surface area contributed by atoms with Crippen molar-refractivity contribution in [2.24, 2.45) is 0 Å². The minimum atomic E-state index is -0.513. The zero-order chi connectivity index (χ0) is 21.4. The molecule has 2 aromatic heterocycles. The molecule has 1 atom stereocenters. The molecule has 0 spiro atoms. The fraction of sp³-hybridized carbons (Fsp3) is 0.417. The van der Waals surface area contributed by atoms with E-state index >= 15 is 0 Å². The highest BCUT2D eigenvalue weighted by Crippen LogP contribution is 2.38. The van der Waals surface area contributed by atoms with Crippen LogP contribution in [0.1, 0.15) is 63.3 Å². The molecule has 5 rings (SSSR count). The molecule has 1 amide bonds. The number of rotatable bonds is 5. The molecule has 1 fully saturated rings. The van der Waals surface area contributed by atoms with Gasteiger partial charge in [0.25, 0.3) is 5.91 Å². The molecule has 5 N–H and O–H groups in total. The second-order valence-electron chi connectivity index (χ2n) is 8.56. The van der Waals surface area contributed by atoms with Crippen molar-refractivity contribution in [1.29, 1.82) is 0 Å². The maximum atomic E-state index is 12.7. The Kier molecular flexibility index (Phi) is 5.65. The molecule has 0 bridgehead atoms. The highest BCUT2D eigenvalue weighted by molar-refractivity contribution is 7.21. The van der Waals surface area contributed by atoms with Crippen molar-refractivity contribution < 1.29 is 9.90 Å². The molecule has 0 radical (unpaired) electrons. The van der Waals surface area contributed by atoms with Gasteiger partial charge in [-0.05, 0) is 73.9 Å². The van der Waals surface area contributed by atoms with Gasteiger partial charge in [-0.15, -0.1) is 11.3 Å². The Labute approximate surface area is 185 Å². The fourth-order valence-electron chi connectivity index (χ4n) is 4.69. The van der Waals surface area contributed by atoms with Crippen molar-refractivity contribution in [3.8, 4) is 0 Å². The Bertz CT molecular complexity index is 1100. The zero-order valence-electron chi connectivity index (χ0n) is 17.5. The van der Waals surface area contributed by atoms with Crippen LogP contribution in [0.4, 0.5) is 5.69 Å². The lowest BCUT2D eigenvalue weighted by Crippen LogP contribution is -2.26. The number of benzene rings is 1. The van der Waals surface area contributed by atoms with Gasteiger partial charge in [0.2, 0.25) is 0 Å². The lowest BCUT2D eigenvalue weighted by atomic mass is 9.89. The Balaban J connectivity index is 1.22. The molecule has 1 saturated heterocycles. The predicted octanol–water partition coefficient (Wildman–Crippen LogP) is 3.30. The van der Waals surface area contributed by atoms with Crippen LogP contribution in [-0.2, 0) is 12.8 Å². The number of aliphatic hydroxyl groups excluding tert-OH is 1. The number of thiophene rings is 1. The summed E-state index contributed by atoms with van der Waals surface area (Å²) in [6.45, 7) is 2.75. The first kappa shape index (κ1) is 20.4. The second-order valence-corrected chi connectivity index (χ2v) is 9.56. The van der Waals surface area contributed by atoms with Gasteiger partial charge in [-0.3, -0.25) is 4.79 Å². The number of nitrogens with one attached hydrogen (secondary N) is 2. The fourth-order valence-corrected chi connectivity index (χ4v) is 5.70. The van der Waals surface area contributed by atoms with Crippen LogP contribution in [0.2, 0.25) is 0 Å². The van der Waals surface area contributed by atoms with Gasteiger partial charge in [-0.2, -0.15) is 0 Å². The van der Waals surface area contributed by atoms with Crippen LogP contribution in [-0.4, -0.2) is 35.6 Å². The van der Waals surface area contributed by atoms with Crippen LogP contribution < -0.4 is 16.4 Å². The summed E-state index contributed by atoms with van der Waals surface area (Å²) in [6, 6.07) is 10.8. The van der Waals surface area contributed by atoms with Crippen molar-refractivity contribution in [2.75, 3.05) is 25.4 Å². The molecule has 3 aromatic rings. The molecule has 0 saturated carbocycles. The van der Waals surface area contributed by atoms with Crippen molar-refractivity contribution in [1.82, 2.24) is 15.6 Å². The summed E-state index contributed by atoms with van der Waals surface area (Å²) in [5.74, 6) is 0.495. The number of nitrogens with two attached hydrogens (primary N) is 1. The van der Waals surface area contributed by atoms with E-state index in [0.29, 0.717) is 29.4 Å². The number of pyridine rings is 1. The van der Waals surface area contributed by atoms with E-state index < -0.39 is 6.10 Å². The lowest BCUT2D eigenvalue weighted by molar-refractivity contribution is 0.0959. The van der Waals surface area contributed by atoms with E-state index in [9.17, 15) is 9.90 Å². The zero-order valence-corrected chi connectivity index (χ0v) is 18.3. The molecule has 1 aromatic carbocycles. The molecule has 6 nitrogen and oxygen atoms in total. The van der Waals surface area contributed by atoms with Gasteiger partial charge in [-0.25, -0.2) is 4.98 Å². The number of aromatic nitrogens is 1. The number of anilines is 1. The summed E-state index contributed by atoms with van der Waals surface area (Å²) in [5.41, 5.74) is 11.2. The van der Waals surface area contributed by atoms with Crippen LogP contribution in [0.25, 0.3) is 10.2 Å². The van der Waals surface area contributed by atoms with Gasteiger partial charge >= 0.3 is 0 Å². The number of fused-ring (bicyclic) bond motifs is 2. The maximum Gasteiger partial charge on any atom is 0.263 e. The van der Waals surface area contributed by atoms with Crippen LogP contribution in [0.15, 0.2) is 30.3 Å². The summed E-state index contributed by atoms with van der Waals surface area (Å²) < 4.78 is 0. The molecule has 31 heavy (non-hydrogen) atoms. The third-order valence-electron chi connectivity index (χ3n) is 6.53. The quantitative estimate of drug-likeness (QED) is 0.492. The predicted molar refractivity (Wildman–Crippen MR) is 125 cm³/mol. The van der Waals surface area contributed by atoms with Crippen LogP contribution in [0.3, 0.4) is 0 Å². The Morgan fingerprint density at radius 3 is 2.77 bits per heavy atom. The number of nitrogens with zero attached hydrogens (tertiary/aromatic N) is 1. The number of hydrogen-bond donors (Lipinski definition) is 4. The Morgan fingerprint density at radius 1 is 1.23 bits per heavy atom. The SMILES string of the molecule is Nc1c(C(=O)NCCc2ccc(C3CCNCC3)cc2)sc2nc3c(cc12)CCC3O. The van der Waals surface area contributed by atoms with Crippen molar-refractivity contribution >= 4 is 33.1 Å². The van der Waals surface area contributed by atoms with Gasteiger partial charge in [0, 0.05) is 11.9 Å². The standard InChI is InChI=1S/C24H28N4O2S/c25-20-18-13-17-5-6-19(29)21(17)28-24(18)31-22(20)23(30)27-12-7-14-1-3-15(4-2-14)16-8-10-26-11-9-16/h1-4,13,16,19,26,29H,5-12,25H2,(H,27,30). The first-order chi connectivity index (χ1) is 15.1. The van der Waals surface area contributed by atoms with Gasteiger partial charge in [0.1, 0.15) is 9.71 Å². The van der Waals surface area contributed by atoms with Crippen LogP contribution in [0, 0.1) is 0 Å². The molecule has 2 aliphatic rings. The van der Waals surface area contributed by atoms with Crippen LogP contribution >= 0.6 is 11.3 Å². The molecular weight excluding hydrogens is 408 g/mol. The smallest absolute Gasteiger partial charge is 0.263 e. The third kappa shape index (κ3) is 4.05. The lowest BCUT2D eigenvalue weighted by Gasteiger charge is -2.23. The van der Waals surface area contributed by atoms with Crippen molar-refractivity contribution in [2.45, 2.75) is 44.1 Å². The second kappa shape index (κ2) is 8.57. The highest BCUT2D eigenvalue weighted by Gasteiger charge is 2.25. The monoisotopic (exact) mass is 436 g/mol. The molecule has 7 heteroatoms. The minimum Gasteiger partial charge on any atom is -0.397 e. The number of nitrogen functional groups attached to an aromatic ring is 1. The number of aryl methyl sites for hydroxylation is 1. The van der Waals surface area contributed by atoms with E-state index in [0.717, 1.165) is 47.4 Å². The van der Waals surface area contributed by atoms with Crippen LogP contribution in [0.5, 0.6) is 0 Å². The molecule has 1 unspecified atom stereocenters. The summed E-state index contributed by atoms with van der Waals surface area (Å²) >= 11 is 1.30. The number of hydrogen-bond acceptors (Lipinski definition) is 6. The average molecular weight is 437 g/mol. The molecular formula is C24H28N4O2S. The third-order valence-corrected chi connectivity index (χ3v) is 7.65. The van der Waals surface area contributed by atoms with E-state index in [4.69, 9.17) is 5.73 Å². The maximum absolute atomic E-state index is 12.7. The van der Waals surface area contributed by atoms with Gasteiger partial charge in [0.05, 0.1) is 17.5 Å². The van der Waals surface area contributed by atoms with Crippen molar-refractivity contribution in [3.05, 3.63) is 57.6 Å². The Morgan fingerprint density at radius 2 is 2.00 bits per heavy atom.